The molecule has 6 heteroatoms. The van der Waals surface area contributed by atoms with Crippen LogP contribution >= 0.6 is 0 Å². The second-order valence-electron chi connectivity index (χ2n) is 6.00. The average molecular weight is 314 g/mol. The standard InChI is InChI=1S/C16H21F3N2O/c1-10(11(2)20)15(22)21(13-7-8-13)9-12-5-3-4-6-14(12)16(17,18)19/h3-6,10-11,13H,7-9,20H2,1-2H3. The van der Waals surface area contributed by atoms with Crippen LogP contribution in [0.15, 0.2) is 24.3 Å². The molecular formula is C16H21F3N2O. The Morgan fingerprint density at radius 1 is 1.32 bits per heavy atom. The molecule has 2 atom stereocenters. The van der Waals surface area contributed by atoms with Crippen LogP contribution in [0.25, 0.3) is 0 Å². The van der Waals surface area contributed by atoms with Gasteiger partial charge in [0.05, 0.1) is 11.5 Å². The van der Waals surface area contributed by atoms with Crippen LogP contribution in [0.1, 0.15) is 37.8 Å². The Balaban J connectivity index is 2.25. The maximum absolute atomic E-state index is 13.1. The van der Waals surface area contributed by atoms with Crippen molar-refractivity contribution in [2.75, 3.05) is 0 Å². The molecule has 0 bridgehead atoms. The Hall–Kier alpha value is -1.56. The average Bonchev–Trinajstić information content (AvgIpc) is 3.27. The predicted molar refractivity (Wildman–Crippen MR) is 77.8 cm³/mol. The summed E-state index contributed by atoms with van der Waals surface area (Å²) in [7, 11) is 0. The van der Waals surface area contributed by atoms with Gasteiger partial charge in [-0.15, -0.1) is 0 Å². The van der Waals surface area contributed by atoms with Gasteiger partial charge in [-0.25, -0.2) is 0 Å². The number of carbonyl (C=O) groups excluding carboxylic acids is 1. The minimum absolute atomic E-state index is 0.0176. The van der Waals surface area contributed by atoms with Crippen molar-refractivity contribution in [2.24, 2.45) is 11.7 Å². The summed E-state index contributed by atoms with van der Waals surface area (Å²) in [6.07, 6.45) is -2.74. The quantitative estimate of drug-likeness (QED) is 0.907. The lowest BCUT2D eigenvalue weighted by atomic mass is 10.0. The zero-order valence-corrected chi connectivity index (χ0v) is 12.7. The number of rotatable bonds is 5. The number of alkyl halides is 3. The van der Waals surface area contributed by atoms with Crippen LogP contribution in [0, 0.1) is 5.92 Å². The Morgan fingerprint density at radius 3 is 2.41 bits per heavy atom. The van der Waals surface area contributed by atoms with Gasteiger partial charge in [0.1, 0.15) is 0 Å². The second-order valence-corrected chi connectivity index (χ2v) is 6.00. The third-order valence-electron chi connectivity index (χ3n) is 4.11. The van der Waals surface area contributed by atoms with Gasteiger partial charge < -0.3 is 10.6 Å². The lowest BCUT2D eigenvalue weighted by Crippen LogP contribution is -2.42. The minimum atomic E-state index is -4.42. The molecule has 2 unspecified atom stereocenters. The molecule has 0 radical (unpaired) electrons. The van der Waals surface area contributed by atoms with Gasteiger partial charge in [-0.05, 0) is 31.4 Å². The normalized spacial score (nSPS) is 17.9. The first-order chi connectivity index (χ1) is 10.2. The highest BCUT2D eigenvalue weighted by Gasteiger charge is 2.38. The van der Waals surface area contributed by atoms with Crippen molar-refractivity contribution in [3.63, 3.8) is 0 Å². The van der Waals surface area contributed by atoms with Gasteiger partial charge in [0, 0.05) is 18.6 Å². The van der Waals surface area contributed by atoms with Crippen molar-refractivity contribution in [2.45, 2.75) is 51.5 Å². The van der Waals surface area contributed by atoms with Crippen molar-refractivity contribution < 1.29 is 18.0 Å². The predicted octanol–water partition coefficient (Wildman–Crippen LogP) is 3.18. The van der Waals surface area contributed by atoms with E-state index in [-0.39, 0.29) is 30.1 Å². The highest BCUT2D eigenvalue weighted by Crippen LogP contribution is 2.35. The summed E-state index contributed by atoms with van der Waals surface area (Å²) in [6, 6.07) is 5.12. The molecule has 0 heterocycles. The van der Waals surface area contributed by atoms with E-state index in [1.165, 1.54) is 12.1 Å². The van der Waals surface area contributed by atoms with Crippen molar-refractivity contribution >= 4 is 5.91 Å². The van der Waals surface area contributed by atoms with Crippen molar-refractivity contribution in [1.29, 1.82) is 0 Å². The lowest BCUT2D eigenvalue weighted by Gasteiger charge is -2.28. The topological polar surface area (TPSA) is 46.3 Å². The highest BCUT2D eigenvalue weighted by atomic mass is 19.4. The maximum atomic E-state index is 13.1. The van der Waals surface area contributed by atoms with Gasteiger partial charge in [0.2, 0.25) is 5.91 Å². The molecule has 2 rings (SSSR count). The molecule has 1 aliphatic carbocycles. The number of nitrogens with zero attached hydrogens (tertiary/aromatic N) is 1. The molecule has 1 aliphatic rings. The van der Waals surface area contributed by atoms with Crippen LogP contribution < -0.4 is 5.73 Å². The fourth-order valence-electron chi connectivity index (χ4n) is 2.38. The summed E-state index contributed by atoms with van der Waals surface area (Å²) in [4.78, 5) is 14.1. The number of halogens is 3. The van der Waals surface area contributed by atoms with E-state index < -0.39 is 17.7 Å². The lowest BCUT2D eigenvalue weighted by molar-refractivity contribution is -0.141. The van der Waals surface area contributed by atoms with E-state index >= 15 is 0 Å². The number of carbonyl (C=O) groups is 1. The zero-order valence-electron chi connectivity index (χ0n) is 12.7. The third kappa shape index (κ3) is 3.80. The van der Waals surface area contributed by atoms with Gasteiger partial charge in [-0.3, -0.25) is 4.79 Å². The molecule has 1 amide bonds. The van der Waals surface area contributed by atoms with Crippen LogP contribution in [0.3, 0.4) is 0 Å². The zero-order chi connectivity index (χ0) is 16.5. The third-order valence-corrected chi connectivity index (χ3v) is 4.11. The van der Waals surface area contributed by atoms with Crippen LogP contribution in [-0.2, 0) is 17.5 Å². The molecule has 0 saturated heterocycles. The Bertz CT molecular complexity index is 538. The number of amides is 1. The van der Waals surface area contributed by atoms with E-state index in [1.54, 1.807) is 24.8 Å². The number of hydrogen-bond acceptors (Lipinski definition) is 2. The summed E-state index contributed by atoms with van der Waals surface area (Å²) in [5.74, 6) is -0.576. The molecule has 2 N–H and O–H groups in total. The van der Waals surface area contributed by atoms with Gasteiger partial charge in [-0.1, -0.05) is 25.1 Å². The van der Waals surface area contributed by atoms with Gasteiger partial charge in [0.25, 0.3) is 0 Å². The number of hydrogen-bond donors (Lipinski definition) is 1. The number of benzene rings is 1. The van der Waals surface area contributed by atoms with E-state index in [0.717, 1.165) is 18.9 Å². The fraction of sp³-hybridized carbons (Fsp3) is 0.562. The SMILES string of the molecule is CC(N)C(C)C(=O)N(Cc1ccccc1C(F)(F)F)C1CC1. The van der Waals surface area contributed by atoms with Crippen LogP contribution in [0.4, 0.5) is 13.2 Å². The summed E-state index contributed by atoms with van der Waals surface area (Å²) in [6.45, 7) is 3.44. The smallest absolute Gasteiger partial charge is 0.335 e. The van der Waals surface area contributed by atoms with E-state index in [1.807, 2.05) is 0 Å². The molecule has 22 heavy (non-hydrogen) atoms. The van der Waals surface area contributed by atoms with Gasteiger partial charge in [-0.2, -0.15) is 13.2 Å². The monoisotopic (exact) mass is 314 g/mol. The molecule has 122 valence electrons. The molecule has 0 aromatic heterocycles. The molecular weight excluding hydrogens is 293 g/mol. The van der Waals surface area contributed by atoms with E-state index in [9.17, 15) is 18.0 Å². The van der Waals surface area contributed by atoms with Crippen LogP contribution in [0.2, 0.25) is 0 Å². The van der Waals surface area contributed by atoms with Crippen molar-refractivity contribution in [3.05, 3.63) is 35.4 Å². The van der Waals surface area contributed by atoms with Crippen LogP contribution in [0.5, 0.6) is 0 Å². The largest absolute Gasteiger partial charge is 0.416 e. The molecule has 0 spiro atoms. The van der Waals surface area contributed by atoms with E-state index in [0.29, 0.717) is 0 Å². The van der Waals surface area contributed by atoms with Gasteiger partial charge in [0.15, 0.2) is 0 Å². The fourth-order valence-corrected chi connectivity index (χ4v) is 2.38. The first kappa shape index (κ1) is 16.8. The number of nitrogens with two attached hydrogens (primary N) is 1. The molecule has 1 saturated carbocycles. The summed E-state index contributed by atoms with van der Waals surface area (Å²) in [5, 5.41) is 0. The first-order valence-electron chi connectivity index (χ1n) is 7.43. The van der Waals surface area contributed by atoms with Crippen molar-refractivity contribution in [1.82, 2.24) is 4.90 Å². The van der Waals surface area contributed by atoms with Crippen molar-refractivity contribution in [3.8, 4) is 0 Å². The molecule has 1 fully saturated rings. The first-order valence-corrected chi connectivity index (χ1v) is 7.43. The molecule has 1 aromatic rings. The summed E-state index contributed by atoms with van der Waals surface area (Å²) < 4.78 is 39.2. The molecule has 0 aliphatic heterocycles. The van der Waals surface area contributed by atoms with E-state index in [4.69, 9.17) is 5.73 Å². The van der Waals surface area contributed by atoms with Crippen LogP contribution in [-0.4, -0.2) is 22.9 Å². The second kappa shape index (κ2) is 6.28. The Morgan fingerprint density at radius 2 is 1.91 bits per heavy atom. The Labute approximate surface area is 128 Å². The maximum Gasteiger partial charge on any atom is 0.416 e. The summed E-state index contributed by atoms with van der Waals surface area (Å²) >= 11 is 0. The summed E-state index contributed by atoms with van der Waals surface area (Å²) in [5.41, 5.74) is 5.21. The highest BCUT2D eigenvalue weighted by molar-refractivity contribution is 5.79. The minimum Gasteiger partial charge on any atom is -0.335 e. The molecule has 3 nitrogen and oxygen atoms in total. The van der Waals surface area contributed by atoms with Gasteiger partial charge >= 0.3 is 6.18 Å². The molecule has 1 aromatic carbocycles. The Kier molecular flexibility index (Phi) is 4.80. The van der Waals surface area contributed by atoms with E-state index in [2.05, 4.69) is 0 Å².